The third-order valence-corrected chi connectivity index (χ3v) is 1.53. The van der Waals surface area contributed by atoms with E-state index in [9.17, 15) is 5.11 Å². The SMILES string of the molecule is CCCc1c(O)cnn1C. The number of hydrogen-bond acceptors (Lipinski definition) is 2. The van der Waals surface area contributed by atoms with Gasteiger partial charge >= 0.3 is 0 Å². The van der Waals surface area contributed by atoms with Crippen molar-refractivity contribution in [2.75, 3.05) is 0 Å². The highest BCUT2D eigenvalue weighted by Gasteiger charge is 2.03. The molecule has 0 unspecified atom stereocenters. The van der Waals surface area contributed by atoms with Gasteiger partial charge in [-0.25, -0.2) is 0 Å². The summed E-state index contributed by atoms with van der Waals surface area (Å²) in [6.45, 7) is 2.08. The van der Waals surface area contributed by atoms with Crippen molar-refractivity contribution in [3.8, 4) is 5.75 Å². The lowest BCUT2D eigenvalue weighted by Crippen LogP contribution is -1.96. The number of aromatic nitrogens is 2. The van der Waals surface area contributed by atoms with E-state index in [1.807, 2.05) is 7.05 Å². The van der Waals surface area contributed by atoms with E-state index in [1.165, 1.54) is 6.20 Å². The van der Waals surface area contributed by atoms with Crippen LogP contribution >= 0.6 is 0 Å². The number of aromatic hydroxyl groups is 1. The normalized spacial score (nSPS) is 10.2. The van der Waals surface area contributed by atoms with Crippen LogP contribution in [-0.2, 0) is 13.5 Å². The predicted molar refractivity (Wildman–Crippen MR) is 38.9 cm³/mol. The molecule has 0 aliphatic heterocycles. The average Bonchev–Trinajstić information content (AvgIpc) is 2.20. The smallest absolute Gasteiger partial charge is 0.156 e. The largest absolute Gasteiger partial charge is 0.504 e. The molecular weight excluding hydrogens is 128 g/mol. The maximum atomic E-state index is 9.18. The summed E-state index contributed by atoms with van der Waals surface area (Å²) in [4.78, 5) is 0. The topological polar surface area (TPSA) is 38.1 Å². The van der Waals surface area contributed by atoms with E-state index in [-0.39, 0.29) is 0 Å². The molecular formula is C7H12N2O. The van der Waals surface area contributed by atoms with Gasteiger partial charge in [-0.05, 0) is 6.42 Å². The van der Waals surface area contributed by atoms with E-state index < -0.39 is 0 Å². The third kappa shape index (κ3) is 1.12. The molecule has 0 saturated carbocycles. The Bertz CT molecular complexity index is 198. The molecule has 1 aromatic heterocycles. The van der Waals surface area contributed by atoms with Gasteiger partial charge in [-0.2, -0.15) is 5.10 Å². The van der Waals surface area contributed by atoms with Gasteiger partial charge in [0.05, 0.1) is 11.9 Å². The Hall–Kier alpha value is -0.990. The lowest BCUT2D eigenvalue weighted by Gasteiger charge is -1.98. The van der Waals surface area contributed by atoms with Crippen molar-refractivity contribution in [3.63, 3.8) is 0 Å². The highest BCUT2D eigenvalue weighted by Crippen LogP contribution is 2.15. The van der Waals surface area contributed by atoms with Crippen LogP contribution in [0.2, 0.25) is 0 Å². The summed E-state index contributed by atoms with van der Waals surface area (Å²) in [5, 5.41) is 13.1. The Morgan fingerprint density at radius 3 is 2.80 bits per heavy atom. The zero-order valence-electron chi connectivity index (χ0n) is 6.33. The third-order valence-electron chi connectivity index (χ3n) is 1.53. The fourth-order valence-electron chi connectivity index (χ4n) is 0.978. The number of nitrogens with zero attached hydrogens (tertiary/aromatic N) is 2. The zero-order chi connectivity index (χ0) is 7.56. The lowest BCUT2D eigenvalue weighted by molar-refractivity contribution is 0.465. The number of hydrogen-bond donors (Lipinski definition) is 1. The minimum Gasteiger partial charge on any atom is -0.504 e. The second kappa shape index (κ2) is 2.73. The molecule has 0 spiro atoms. The molecule has 56 valence electrons. The van der Waals surface area contributed by atoms with Gasteiger partial charge in [-0.15, -0.1) is 0 Å². The molecule has 1 N–H and O–H groups in total. The maximum absolute atomic E-state index is 9.18. The van der Waals surface area contributed by atoms with Crippen molar-refractivity contribution >= 4 is 0 Å². The van der Waals surface area contributed by atoms with Gasteiger partial charge in [-0.3, -0.25) is 4.68 Å². The van der Waals surface area contributed by atoms with Gasteiger partial charge in [0, 0.05) is 7.05 Å². The first-order valence-corrected chi connectivity index (χ1v) is 3.45. The maximum Gasteiger partial charge on any atom is 0.156 e. The molecule has 0 radical (unpaired) electrons. The molecule has 0 aliphatic carbocycles. The van der Waals surface area contributed by atoms with Gasteiger partial charge in [0.15, 0.2) is 5.75 Å². The Morgan fingerprint density at radius 1 is 1.70 bits per heavy atom. The van der Waals surface area contributed by atoms with Crippen LogP contribution in [0.3, 0.4) is 0 Å². The zero-order valence-corrected chi connectivity index (χ0v) is 6.33. The van der Waals surface area contributed by atoms with Crippen LogP contribution in [0, 0.1) is 0 Å². The average molecular weight is 140 g/mol. The van der Waals surface area contributed by atoms with Gasteiger partial charge in [0.25, 0.3) is 0 Å². The molecule has 0 bridgehead atoms. The molecule has 3 heteroatoms. The van der Waals surface area contributed by atoms with E-state index in [0.717, 1.165) is 18.5 Å². The quantitative estimate of drug-likeness (QED) is 0.667. The van der Waals surface area contributed by atoms with Gasteiger partial charge < -0.3 is 5.11 Å². The highest BCUT2D eigenvalue weighted by molar-refractivity contribution is 5.22. The number of aryl methyl sites for hydroxylation is 1. The Balaban J connectivity index is 2.87. The van der Waals surface area contributed by atoms with Crippen molar-refractivity contribution in [1.29, 1.82) is 0 Å². The summed E-state index contributed by atoms with van der Waals surface area (Å²) in [6, 6.07) is 0. The summed E-state index contributed by atoms with van der Waals surface area (Å²) >= 11 is 0. The molecule has 1 heterocycles. The molecule has 0 atom stereocenters. The minimum absolute atomic E-state index is 0.310. The van der Waals surface area contributed by atoms with Crippen LogP contribution in [0.25, 0.3) is 0 Å². The molecule has 10 heavy (non-hydrogen) atoms. The van der Waals surface area contributed by atoms with E-state index >= 15 is 0 Å². The molecule has 0 aliphatic rings. The molecule has 0 aromatic carbocycles. The van der Waals surface area contributed by atoms with Crippen LogP contribution < -0.4 is 0 Å². The predicted octanol–water partition coefficient (Wildman–Crippen LogP) is 1.08. The summed E-state index contributed by atoms with van der Waals surface area (Å²) < 4.78 is 1.71. The van der Waals surface area contributed by atoms with Gasteiger partial charge in [0.1, 0.15) is 0 Å². The van der Waals surface area contributed by atoms with Crippen molar-refractivity contribution in [3.05, 3.63) is 11.9 Å². The lowest BCUT2D eigenvalue weighted by atomic mass is 10.2. The van der Waals surface area contributed by atoms with Crippen molar-refractivity contribution < 1.29 is 5.11 Å². The van der Waals surface area contributed by atoms with Crippen molar-refractivity contribution in [2.24, 2.45) is 7.05 Å². The fraction of sp³-hybridized carbons (Fsp3) is 0.571. The molecule has 0 amide bonds. The van der Waals surface area contributed by atoms with Crippen LogP contribution in [0.15, 0.2) is 6.20 Å². The molecule has 3 nitrogen and oxygen atoms in total. The van der Waals surface area contributed by atoms with Gasteiger partial charge in [-0.1, -0.05) is 13.3 Å². The standard InChI is InChI=1S/C7H12N2O/c1-3-4-6-7(10)5-8-9(6)2/h5,10H,3-4H2,1-2H3. The van der Waals surface area contributed by atoms with Crippen LogP contribution in [0.5, 0.6) is 5.75 Å². The Kier molecular flexibility index (Phi) is 1.94. The molecule has 1 rings (SSSR count). The summed E-state index contributed by atoms with van der Waals surface area (Å²) in [5.74, 6) is 0.310. The van der Waals surface area contributed by atoms with Crippen LogP contribution in [0.4, 0.5) is 0 Å². The van der Waals surface area contributed by atoms with Crippen molar-refractivity contribution in [2.45, 2.75) is 19.8 Å². The molecule has 1 aromatic rings. The minimum atomic E-state index is 0.310. The van der Waals surface area contributed by atoms with E-state index in [1.54, 1.807) is 4.68 Å². The second-order valence-electron chi connectivity index (χ2n) is 2.35. The number of rotatable bonds is 2. The first-order chi connectivity index (χ1) is 4.75. The van der Waals surface area contributed by atoms with E-state index in [0.29, 0.717) is 5.75 Å². The van der Waals surface area contributed by atoms with Crippen LogP contribution in [0.1, 0.15) is 19.0 Å². The summed E-state index contributed by atoms with van der Waals surface area (Å²) in [6.07, 6.45) is 3.40. The first-order valence-electron chi connectivity index (χ1n) is 3.45. The van der Waals surface area contributed by atoms with Crippen LogP contribution in [-0.4, -0.2) is 14.9 Å². The van der Waals surface area contributed by atoms with E-state index in [4.69, 9.17) is 0 Å². The molecule has 0 fully saturated rings. The summed E-state index contributed by atoms with van der Waals surface area (Å²) in [7, 11) is 1.84. The fourth-order valence-corrected chi connectivity index (χ4v) is 0.978. The monoisotopic (exact) mass is 140 g/mol. The highest BCUT2D eigenvalue weighted by atomic mass is 16.3. The molecule has 0 saturated heterocycles. The van der Waals surface area contributed by atoms with Crippen molar-refractivity contribution in [1.82, 2.24) is 9.78 Å². The van der Waals surface area contributed by atoms with Gasteiger partial charge in [0.2, 0.25) is 0 Å². The second-order valence-corrected chi connectivity index (χ2v) is 2.35. The summed E-state index contributed by atoms with van der Waals surface area (Å²) in [5.41, 5.74) is 0.919. The Morgan fingerprint density at radius 2 is 2.40 bits per heavy atom. The first kappa shape index (κ1) is 7.12. The van der Waals surface area contributed by atoms with E-state index in [2.05, 4.69) is 12.0 Å². The Labute approximate surface area is 60.3 Å².